The minimum atomic E-state index is -0.995. The second kappa shape index (κ2) is 6.03. The van der Waals surface area contributed by atoms with E-state index in [2.05, 4.69) is 49.5 Å². The standard InChI is InChI=1S/C21H27N3O2S/c1-12-15-16(21(4,5)9-8-20(15,2)3)27-17(12)24(14-6-7-14)19-22-10-13(11-23-19)18(25)26/h10-11,14H,6-9H2,1-5H3,(H,25,26). The second-order valence-electron chi connectivity index (χ2n) is 9.18. The molecule has 0 spiro atoms. The monoisotopic (exact) mass is 385 g/mol. The van der Waals surface area contributed by atoms with Gasteiger partial charge in [0.25, 0.3) is 0 Å². The molecule has 5 nitrogen and oxygen atoms in total. The van der Waals surface area contributed by atoms with Crippen molar-refractivity contribution in [1.82, 2.24) is 9.97 Å². The second-order valence-corrected chi connectivity index (χ2v) is 10.2. The molecular formula is C21H27N3O2S. The summed E-state index contributed by atoms with van der Waals surface area (Å²) in [5, 5.41) is 10.4. The molecule has 0 atom stereocenters. The van der Waals surface area contributed by atoms with Crippen LogP contribution in [0.1, 0.15) is 79.7 Å². The smallest absolute Gasteiger partial charge is 0.338 e. The van der Waals surface area contributed by atoms with Crippen LogP contribution in [0.15, 0.2) is 12.4 Å². The Bertz CT molecular complexity index is 895. The van der Waals surface area contributed by atoms with Gasteiger partial charge < -0.3 is 5.11 Å². The highest BCUT2D eigenvalue weighted by atomic mass is 32.1. The molecule has 0 amide bonds. The molecule has 2 aliphatic carbocycles. The van der Waals surface area contributed by atoms with Gasteiger partial charge in [0.2, 0.25) is 5.95 Å². The molecule has 1 N–H and O–H groups in total. The Morgan fingerprint density at radius 1 is 1.15 bits per heavy atom. The van der Waals surface area contributed by atoms with Gasteiger partial charge in [-0.1, -0.05) is 27.7 Å². The minimum Gasteiger partial charge on any atom is -0.478 e. The average Bonchev–Trinajstić information content (AvgIpc) is 3.36. The van der Waals surface area contributed by atoms with E-state index in [9.17, 15) is 4.79 Å². The zero-order valence-corrected chi connectivity index (χ0v) is 17.5. The molecular weight excluding hydrogens is 358 g/mol. The number of hydrogen-bond donors (Lipinski definition) is 1. The van der Waals surface area contributed by atoms with Crippen molar-refractivity contribution < 1.29 is 9.90 Å². The molecule has 1 saturated carbocycles. The van der Waals surface area contributed by atoms with Gasteiger partial charge in [0.15, 0.2) is 0 Å². The first kappa shape index (κ1) is 18.4. The number of carbonyl (C=O) groups is 1. The number of aromatic carboxylic acids is 1. The van der Waals surface area contributed by atoms with Crippen molar-refractivity contribution in [3.63, 3.8) is 0 Å². The number of carboxylic acids is 1. The Balaban J connectivity index is 1.83. The molecule has 2 aromatic rings. The summed E-state index contributed by atoms with van der Waals surface area (Å²) < 4.78 is 0. The molecule has 144 valence electrons. The summed E-state index contributed by atoms with van der Waals surface area (Å²) >= 11 is 1.88. The Hall–Kier alpha value is -1.95. The Kier molecular flexibility index (Phi) is 4.11. The summed E-state index contributed by atoms with van der Waals surface area (Å²) in [6.45, 7) is 11.6. The van der Waals surface area contributed by atoms with Crippen molar-refractivity contribution >= 4 is 28.3 Å². The van der Waals surface area contributed by atoms with Gasteiger partial charge >= 0.3 is 5.97 Å². The van der Waals surface area contributed by atoms with Gasteiger partial charge in [-0.25, -0.2) is 14.8 Å². The normalized spacial score (nSPS) is 20.2. The zero-order valence-electron chi connectivity index (χ0n) is 16.7. The lowest BCUT2D eigenvalue weighted by Crippen LogP contribution is -2.32. The summed E-state index contributed by atoms with van der Waals surface area (Å²) in [5.74, 6) is -0.384. The molecule has 0 radical (unpaired) electrons. The van der Waals surface area contributed by atoms with Gasteiger partial charge in [0.05, 0.1) is 5.56 Å². The largest absolute Gasteiger partial charge is 0.478 e. The predicted molar refractivity (Wildman–Crippen MR) is 108 cm³/mol. The van der Waals surface area contributed by atoms with Crippen LogP contribution in [0.25, 0.3) is 0 Å². The topological polar surface area (TPSA) is 66.3 Å². The highest BCUT2D eigenvalue weighted by Gasteiger charge is 2.43. The first-order valence-corrected chi connectivity index (χ1v) is 10.4. The third kappa shape index (κ3) is 3.04. The molecule has 2 aliphatic rings. The van der Waals surface area contributed by atoms with Gasteiger partial charge in [-0.2, -0.15) is 0 Å². The van der Waals surface area contributed by atoms with E-state index in [0.717, 1.165) is 12.8 Å². The van der Waals surface area contributed by atoms with Crippen LogP contribution in [0.3, 0.4) is 0 Å². The van der Waals surface area contributed by atoms with E-state index < -0.39 is 5.97 Å². The number of hydrogen-bond acceptors (Lipinski definition) is 5. The summed E-state index contributed by atoms with van der Waals surface area (Å²) in [6, 6.07) is 0.408. The van der Waals surface area contributed by atoms with Crippen molar-refractivity contribution in [1.29, 1.82) is 0 Å². The van der Waals surface area contributed by atoms with Gasteiger partial charge in [-0.15, -0.1) is 11.3 Å². The van der Waals surface area contributed by atoms with Gasteiger partial charge in [0.1, 0.15) is 5.00 Å². The fourth-order valence-electron chi connectivity index (χ4n) is 4.20. The van der Waals surface area contributed by atoms with Gasteiger partial charge in [-0.3, -0.25) is 4.90 Å². The molecule has 0 unspecified atom stereocenters. The van der Waals surface area contributed by atoms with Crippen molar-refractivity contribution in [2.75, 3.05) is 4.90 Å². The van der Waals surface area contributed by atoms with E-state index in [1.807, 2.05) is 11.3 Å². The third-order valence-corrected chi connectivity index (χ3v) is 7.68. The van der Waals surface area contributed by atoms with Crippen LogP contribution in [-0.2, 0) is 10.8 Å². The lowest BCUT2D eigenvalue weighted by atomic mass is 9.66. The predicted octanol–water partition coefficient (Wildman–Crippen LogP) is 5.19. The number of aromatic nitrogens is 2. The lowest BCUT2D eigenvalue weighted by Gasteiger charge is -2.39. The number of carboxylic acid groups (broad SMARTS) is 1. The maximum Gasteiger partial charge on any atom is 0.338 e. The summed E-state index contributed by atoms with van der Waals surface area (Å²) in [6.07, 6.45) is 7.46. The van der Waals surface area contributed by atoms with Crippen LogP contribution in [0, 0.1) is 6.92 Å². The third-order valence-electron chi connectivity index (χ3n) is 6.02. The van der Waals surface area contributed by atoms with E-state index in [4.69, 9.17) is 5.11 Å². The van der Waals surface area contributed by atoms with Crippen molar-refractivity contribution in [2.45, 2.75) is 77.2 Å². The van der Waals surface area contributed by atoms with E-state index in [0.29, 0.717) is 12.0 Å². The SMILES string of the molecule is Cc1c(N(c2ncc(C(=O)O)cn2)C2CC2)sc2c1C(C)(C)CCC2(C)C. The van der Waals surface area contributed by atoms with E-state index >= 15 is 0 Å². The number of nitrogens with zero attached hydrogens (tertiary/aromatic N) is 3. The van der Waals surface area contributed by atoms with E-state index in [-0.39, 0.29) is 16.4 Å². The Morgan fingerprint density at radius 3 is 2.26 bits per heavy atom. The fraction of sp³-hybridized carbons (Fsp3) is 0.571. The molecule has 0 aliphatic heterocycles. The van der Waals surface area contributed by atoms with E-state index in [1.54, 1.807) is 0 Å². The molecule has 0 aromatic carbocycles. The van der Waals surface area contributed by atoms with Crippen LogP contribution in [0.2, 0.25) is 0 Å². The average molecular weight is 386 g/mol. The molecule has 2 heterocycles. The molecule has 2 aromatic heterocycles. The van der Waals surface area contributed by atoms with Crippen LogP contribution in [-0.4, -0.2) is 27.1 Å². The summed E-state index contributed by atoms with van der Waals surface area (Å²) in [5.41, 5.74) is 3.31. The maximum absolute atomic E-state index is 11.1. The first-order valence-electron chi connectivity index (χ1n) is 9.61. The number of rotatable bonds is 4. The van der Waals surface area contributed by atoms with Crippen molar-refractivity contribution in [3.05, 3.63) is 34.0 Å². The van der Waals surface area contributed by atoms with Crippen LogP contribution >= 0.6 is 11.3 Å². The van der Waals surface area contributed by atoms with Crippen LogP contribution in [0.5, 0.6) is 0 Å². The zero-order chi connectivity index (χ0) is 19.6. The number of anilines is 2. The van der Waals surface area contributed by atoms with Crippen molar-refractivity contribution in [2.24, 2.45) is 0 Å². The fourth-order valence-corrected chi connectivity index (χ4v) is 5.88. The summed E-state index contributed by atoms with van der Waals surface area (Å²) in [4.78, 5) is 23.7. The Labute approximate surface area is 164 Å². The first-order chi connectivity index (χ1) is 12.6. The lowest BCUT2D eigenvalue weighted by molar-refractivity contribution is 0.0696. The van der Waals surface area contributed by atoms with Crippen LogP contribution in [0.4, 0.5) is 10.9 Å². The van der Waals surface area contributed by atoms with Crippen molar-refractivity contribution in [3.8, 4) is 0 Å². The molecule has 4 rings (SSSR count). The highest BCUT2D eigenvalue weighted by molar-refractivity contribution is 7.16. The van der Waals surface area contributed by atoms with Gasteiger partial charge in [0, 0.05) is 23.3 Å². The molecule has 1 fully saturated rings. The van der Waals surface area contributed by atoms with E-state index in [1.165, 1.54) is 46.2 Å². The summed E-state index contributed by atoms with van der Waals surface area (Å²) in [7, 11) is 0. The minimum absolute atomic E-state index is 0.124. The highest BCUT2D eigenvalue weighted by Crippen LogP contribution is 2.55. The van der Waals surface area contributed by atoms with Crippen LogP contribution < -0.4 is 4.90 Å². The Morgan fingerprint density at radius 2 is 1.74 bits per heavy atom. The quantitative estimate of drug-likeness (QED) is 0.784. The molecule has 0 saturated heterocycles. The number of fused-ring (bicyclic) bond motifs is 1. The number of thiophene rings is 1. The van der Waals surface area contributed by atoms with Gasteiger partial charge in [-0.05, 0) is 54.6 Å². The molecule has 27 heavy (non-hydrogen) atoms. The molecule has 6 heteroatoms. The maximum atomic E-state index is 11.1. The molecule has 0 bridgehead atoms.